The minimum absolute atomic E-state index is 0.00211. The third-order valence-electron chi connectivity index (χ3n) is 6.98. The first-order valence-electron chi connectivity index (χ1n) is 11.8. The molecule has 0 saturated carbocycles. The number of aromatic nitrogens is 2. The number of likely N-dealkylation sites (tertiary alicyclic amines) is 1. The van der Waals surface area contributed by atoms with E-state index in [9.17, 15) is 4.79 Å². The van der Waals surface area contributed by atoms with Crippen LogP contribution < -0.4 is 0 Å². The number of fused-ring (bicyclic) bond motifs is 1. The summed E-state index contributed by atoms with van der Waals surface area (Å²) in [5.41, 5.74) is 2.83. The lowest BCUT2D eigenvalue weighted by Gasteiger charge is -2.38. The van der Waals surface area contributed by atoms with Gasteiger partial charge in [0.2, 0.25) is 0 Å². The van der Waals surface area contributed by atoms with Gasteiger partial charge in [0.25, 0.3) is 0 Å². The van der Waals surface area contributed by atoms with E-state index in [-0.39, 0.29) is 36.3 Å². The highest BCUT2D eigenvalue weighted by atomic mass is 79.9. The van der Waals surface area contributed by atoms with Gasteiger partial charge in [0, 0.05) is 23.4 Å². The molecule has 0 amide bonds. The highest BCUT2D eigenvalue weighted by molar-refractivity contribution is 9.10. The molecule has 1 saturated heterocycles. The van der Waals surface area contributed by atoms with Gasteiger partial charge in [-0.05, 0) is 58.2 Å². The van der Waals surface area contributed by atoms with Crippen molar-refractivity contribution in [1.29, 1.82) is 0 Å². The Labute approximate surface area is 211 Å². The van der Waals surface area contributed by atoms with Gasteiger partial charge in [-0.1, -0.05) is 51.1 Å². The summed E-state index contributed by atoms with van der Waals surface area (Å²) in [7, 11) is -1.94. The van der Waals surface area contributed by atoms with Gasteiger partial charge in [0.15, 0.2) is 8.32 Å². The van der Waals surface area contributed by atoms with Crippen LogP contribution in [0.5, 0.6) is 0 Å². The maximum absolute atomic E-state index is 12.8. The summed E-state index contributed by atoms with van der Waals surface area (Å²) in [4.78, 5) is 19.8. The minimum Gasteiger partial charge on any atom is -0.460 e. The van der Waals surface area contributed by atoms with Crippen molar-refractivity contribution in [3.8, 4) is 0 Å². The first-order chi connectivity index (χ1) is 16.0. The first kappa shape index (κ1) is 25.1. The van der Waals surface area contributed by atoms with E-state index < -0.39 is 8.32 Å². The number of benzene rings is 1. The van der Waals surface area contributed by atoms with Gasteiger partial charge in [-0.15, -0.1) is 0 Å². The number of ether oxygens (including phenoxy) is 1. The maximum Gasteiger partial charge on any atom is 0.320 e. The first-order valence-corrected chi connectivity index (χ1v) is 15.5. The molecule has 0 radical (unpaired) electrons. The normalized spacial score (nSPS) is 19.6. The Morgan fingerprint density at radius 2 is 1.88 bits per heavy atom. The van der Waals surface area contributed by atoms with Crippen LogP contribution in [-0.4, -0.2) is 47.8 Å². The molecule has 2 atom stereocenters. The van der Waals surface area contributed by atoms with Gasteiger partial charge in [0.1, 0.15) is 12.3 Å². The zero-order valence-electron chi connectivity index (χ0n) is 20.6. The molecule has 0 N–H and O–H groups in total. The number of nitrogens with zero attached hydrogens (tertiary/aromatic N) is 3. The van der Waals surface area contributed by atoms with Crippen LogP contribution in [0.4, 0.5) is 0 Å². The Balaban J connectivity index is 1.52. The van der Waals surface area contributed by atoms with Crippen LogP contribution in [0, 0.1) is 0 Å². The van der Waals surface area contributed by atoms with Gasteiger partial charge < -0.3 is 13.6 Å². The maximum atomic E-state index is 12.8. The molecule has 4 rings (SSSR count). The molecule has 2 aromatic heterocycles. The number of hydrogen-bond donors (Lipinski definition) is 0. The van der Waals surface area contributed by atoms with E-state index in [4.69, 9.17) is 14.1 Å². The van der Waals surface area contributed by atoms with E-state index in [1.54, 1.807) is 0 Å². The third kappa shape index (κ3) is 5.79. The monoisotopic (exact) mass is 543 g/mol. The smallest absolute Gasteiger partial charge is 0.320 e. The highest BCUT2D eigenvalue weighted by Crippen LogP contribution is 2.41. The van der Waals surface area contributed by atoms with Crippen molar-refractivity contribution in [3.05, 3.63) is 70.6 Å². The van der Waals surface area contributed by atoms with Crippen molar-refractivity contribution in [3.63, 3.8) is 0 Å². The van der Waals surface area contributed by atoms with Crippen LogP contribution in [0.2, 0.25) is 18.1 Å². The summed E-state index contributed by atoms with van der Waals surface area (Å²) in [6, 6.07) is 13.8. The molecular formula is C26H34BrN3O3Si. The fraction of sp³-hybridized carbons (Fsp3) is 0.462. The molecule has 1 aliphatic rings. The largest absolute Gasteiger partial charge is 0.460 e. The summed E-state index contributed by atoms with van der Waals surface area (Å²) in [5.74, 6) is -0.228. The number of imidazole rings is 1. The summed E-state index contributed by atoms with van der Waals surface area (Å²) in [6.07, 6.45) is 4.93. The second-order valence-corrected chi connectivity index (χ2v) is 16.3. The van der Waals surface area contributed by atoms with E-state index in [1.807, 2.05) is 53.1 Å². The summed E-state index contributed by atoms with van der Waals surface area (Å²) in [5, 5.41) is 0.125. The molecule has 3 heterocycles. The van der Waals surface area contributed by atoms with Crippen LogP contribution in [0.15, 0.2) is 59.3 Å². The molecule has 0 aliphatic carbocycles. The minimum atomic E-state index is -1.94. The van der Waals surface area contributed by atoms with Crippen LogP contribution >= 0.6 is 15.9 Å². The van der Waals surface area contributed by atoms with E-state index >= 15 is 0 Å². The Hall–Kier alpha value is -2.00. The standard InChI is InChI=1S/C26H34BrN3O3Si/c1-26(2,3)34(4,5)33-21-13-23(22-16-30-14-20(27)11-12-24(30)28-22)29(15-21)17-25(31)32-18-19-9-7-6-8-10-19/h6-12,14,16,21,23H,13,15,17-18H2,1-5H3/t21?,23-/m1/s1. The molecule has 1 unspecified atom stereocenters. The van der Waals surface area contributed by atoms with Gasteiger partial charge in [-0.2, -0.15) is 0 Å². The Kier molecular flexibility index (Phi) is 7.33. The molecule has 8 heteroatoms. The topological polar surface area (TPSA) is 56.1 Å². The molecule has 182 valence electrons. The van der Waals surface area contributed by atoms with Crippen molar-refractivity contribution in [2.45, 2.75) is 64.1 Å². The van der Waals surface area contributed by atoms with E-state index in [0.717, 1.165) is 27.8 Å². The highest BCUT2D eigenvalue weighted by Gasteiger charge is 2.43. The summed E-state index contributed by atoms with van der Waals surface area (Å²) < 4.78 is 15.4. The molecular weight excluding hydrogens is 510 g/mol. The lowest BCUT2D eigenvalue weighted by Crippen LogP contribution is -2.44. The Morgan fingerprint density at radius 3 is 2.59 bits per heavy atom. The molecule has 3 aromatic rings. The second-order valence-electron chi connectivity index (χ2n) is 10.6. The third-order valence-corrected chi connectivity index (χ3v) is 12.0. The molecule has 34 heavy (non-hydrogen) atoms. The molecule has 1 aliphatic heterocycles. The zero-order valence-corrected chi connectivity index (χ0v) is 23.2. The predicted molar refractivity (Wildman–Crippen MR) is 140 cm³/mol. The molecule has 1 aromatic carbocycles. The van der Waals surface area contributed by atoms with Crippen LogP contribution in [-0.2, 0) is 20.6 Å². The Morgan fingerprint density at radius 1 is 1.15 bits per heavy atom. The second kappa shape index (κ2) is 9.93. The van der Waals surface area contributed by atoms with Gasteiger partial charge in [-0.25, -0.2) is 4.98 Å². The van der Waals surface area contributed by atoms with Crippen molar-refractivity contribution in [1.82, 2.24) is 14.3 Å². The van der Waals surface area contributed by atoms with E-state index in [0.29, 0.717) is 6.54 Å². The SMILES string of the molecule is CC(C)(C)[Si](C)(C)OC1C[C@H](c2cn3cc(Br)ccc3n2)N(CC(=O)OCc2ccccc2)C1. The average molecular weight is 545 g/mol. The van der Waals surface area contributed by atoms with Crippen molar-refractivity contribution >= 4 is 35.9 Å². The number of halogens is 1. The van der Waals surface area contributed by atoms with Crippen LogP contribution in [0.3, 0.4) is 0 Å². The summed E-state index contributed by atoms with van der Waals surface area (Å²) >= 11 is 3.53. The molecule has 1 fully saturated rings. The van der Waals surface area contributed by atoms with E-state index in [2.05, 4.69) is 60.9 Å². The number of pyridine rings is 1. The molecule has 0 bridgehead atoms. The average Bonchev–Trinajstić information content (AvgIpc) is 3.35. The van der Waals surface area contributed by atoms with Crippen molar-refractivity contribution in [2.75, 3.05) is 13.1 Å². The van der Waals surface area contributed by atoms with Crippen molar-refractivity contribution < 1.29 is 14.0 Å². The van der Waals surface area contributed by atoms with Crippen molar-refractivity contribution in [2.24, 2.45) is 0 Å². The number of carbonyl (C=O) groups excluding carboxylic acids is 1. The predicted octanol–water partition coefficient (Wildman–Crippen LogP) is 5.98. The van der Waals surface area contributed by atoms with Crippen LogP contribution in [0.25, 0.3) is 5.65 Å². The Bertz CT molecular complexity index is 1140. The lowest BCUT2D eigenvalue weighted by molar-refractivity contribution is -0.146. The number of rotatable bonds is 7. The summed E-state index contributed by atoms with van der Waals surface area (Å²) in [6.45, 7) is 12.5. The van der Waals surface area contributed by atoms with Gasteiger partial charge in [0.05, 0.1) is 24.4 Å². The van der Waals surface area contributed by atoms with E-state index in [1.165, 1.54) is 0 Å². The fourth-order valence-corrected chi connectivity index (χ4v) is 5.83. The lowest BCUT2D eigenvalue weighted by atomic mass is 10.1. The molecule has 0 spiro atoms. The molecule has 6 nitrogen and oxygen atoms in total. The zero-order chi connectivity index (χ0) is 24.5. The van der Waals surface area contributed by atoms with Crippen LogP contribution in [0.1, 0.15) is 44.5 Å². The van der Waals surface area contributed by atoms with Gasteiger partial charge >= 0.3 is 5.97 Å². The fourth-order valence-electron chi connectivity index (χ4n) is 4.12. The number of esters is 1. The quantitative estimate of drug-likeness (QED) is 0.271. The number of carbonyl (C=O) groups is 1. The number of hydrogen-bond acceptors (Lipinski definition) is 5. The van der Waals surface area contributed by atoms with Gasteiger partial charge in [-0.3, -0.25) is 9.69 Å².